The lowest BCUT2D eigenvalue weighted by Gasteiger charge is -2.46. The summed E-state index contributed by atoms with van der Waals surface area (Å²) in [4.78, 5) is 11.6. The highest BCUT2D eigenvalue weighted by Crippen LogP contribution is 2.47. The van der Waals surface area contributed by atoms with Crippen LogP contribution < -0.4 is 0 Å². The van der Waals surface area contributed by atoms with E-state index in [1.165, 1.54) is 0 Å². The van der Waals surface area contributed by atoms with Gasteiger partial charge in [-0.2, -0.15) is 0 Å². The third-order valence-corrected chi connectivity index (χ3v) is 5.91. The van der Waals surface area contributed by atoms with Crippen molar-refractivity contribution in [3.8, 4) is 0 Å². The van der Waals surface area contributed by atoms with Crippen molar-refractivity contribution in [3.63, 3.8) is 0 Å². The maximum atomic E-state index is 11.6. The predicted octanol–water partition coefficient (Wildman–Crippen LogP) is 6.37. The molecular formula is C26H48O4. The third kappa shape index (κ3) is 10.3. The second kappa shape index (κ2) is 11.5. The van der Waals surface area contributed by atoms with E-state index >= 15 is 0 Å². The zero-order chi connectivity index (χ0) is 23.8. The molecule has 0 saturated heterocycles. The molecular weight excluding hydrogens is 376 g/mol. The second-order valence-electron chi connectivity index (χ2n) is 11.7. The Balaban J connectivity index is 5.00. The number of aliphatic carboxylic acids is 1. The predicted molar refractivity (Wildman–Crippen MR) is 126 cm³/mol. The number of aliphatic hydroxyl groups is 2. The number of carbonyl (C=O) groups is 1. The monoisotopic (exact) mass is 424 g/mol. The summed E-state index contributed by atoms with van der Waals surface area (Å²) in [6.07, 6.45) is 11.9. The van der Waals surface area contributed by atoms with Gasteiger partial charge in [0.1, 0.15) is 0 Å². The minimum atomic E-state index is -0.890. The molecule has 0 aromatic carbocycles. The Morgan fingerprint density at radius 1 is 0.867 bits per heavy atom. The van der Waals surface area contributed by atoms with Crippen LogP contribution >= 0.6 is 0 Å². The van der Waals surface area contributed by atoms with Crippen molar-refractivity contribution in [1.29, 1.82) is 0 Å². The van der Waals surface area contributed by atoms with Crippen LogP contribution in [0, 0.1) is 21.7 Å². The molecule has 0 spiro atoms. The van der Waals surface area contributed by atoms with Crippen LogP contribution in [0.1, 0.15) is 101 Å². The first kappa shape index (κ1) is 28.9. The molecule has 4 nitrogen and oxygen atoms in total. The van der Waals surface area contributed by atoms with Crippen LogP contribution in [0.2, 0.25) is 0 Å². The highest BCUT2D eigenvalue weighted by molar-refractivity contribution is 5.73. The van der Waals surface area contributed by atoms with Gasteiger partial charge in [0.15, 0.2) is 0 Å². The van der Waals surface area contributed by atoms with Crippen molar-refractivity contribution in [1.82, 2.24) is 0 Å². The van der Waals surface area contributed by atoms with Crippen LogP contribution in [0.4, 0.5) is 0 Å². The van der Waals surface area contributed by atoms with Gasteiger partial charge < -0.3 is 15.3 Å². The van der Waals surface area contributed by atoms with Crippen molar-refractivity contribution in [2.24, 2.45) is 21.7 Å². The average Bonchev–Trinajstić information content (AvgIpc) is 2.55. The van der Waals surface area contributed by atoms with Gasteiger partial charge in [0, 0.05) is 0 Å². The van der Waals surface area contributed by atoms with Crippen molar-refractivity contribution < 1.29 is 20.1 Å². The Bertz CT molecular complexity index is 582. The van der Waals surface area contributed by atoms with Gasteiger partial charge in [0.25, 0.3) is 0 Å². The summed E-state index contributed by atoms with van der Waals surface area (Å²) in [6.45, 7) is 17.8. The number of carboxylic acid groups (broad SMARTS) is 1. The Kier molecular flexibility index (Phi) is 11.0. The first-order valence-corrected chi connectivity index (χ1v) is 11.4. The van der Waals surface area contributed by atoms with Crippen molar-refractivity contribution in [2.75, 3.05) is 0 Å². The normalized spacial score (nSPS) is 16.4. The SMILES string of the molecule is CC/C=C\CCC(O)C/C=C\C(C)(C)CC(C)(C)C(O)C(C)(C)CC(C)(C)C(=O)O. The van der Waals surface area contributed by atoms with E-state index in [1.807, 2.05) is 13.8 Å². The van der Waals surface area contributed by atoms with Crippen molar-refractivity contribution in [3.05, 3.63) is 24.3 Å². The molecule has 4 heteroatoms. The van der Waals surface area contributed by atoms with E-state index in [4.69, 9.17) is 0 Å². The fourth-order valence-corrected chi connectivity index (χ4v) is 4.93. The second-order valence-corrected chi connectivity index (χ2v) is 11.7. The molecule has 0 radical (unpaired) electrons. The van der Waals surface area contributed by atoms with Gasteiger partial charge in [-0.3, -0.25) is 4.79 Å². The number of hydrogen-bond donors (Lipinski definition) is 3. The molecule has 0 aliphatic rings. The van der Waals surface area contributed by atoms with E-state index in [1.54, 1.807) is 13.8 Å². The Hall–Kier alpha value is -1.13. The highest BCUT2D eigenvalue weighted by Gasteiger charge is 2.45. The van der Waals surface area contributed by atoms with Gasteiger partial charge in [-0.25, -0.2) is 0 Å². The number of allylic oxidation sites excluding steroid dienone is 3. The lowest BCUT2D eigenvalue weighted by atomic mass is 9.61. The van der Waals surface area contributed by atoms with Crippen LogP contribution in [0.15, 0.2) is 24.3 Å². The van der Waals surface area contributed by atoms with E-state index in [2.05, 4.69) is 58.9 Å². The van der Waals surface area contributed by atoms with Crippen LogP contribution in [0.5, 0.6) is 0 Å². The summed E-state index contributed by atoms with van der Waals surface area (Å²) in [5, 5.41) is 30.8. The summed E-state index contributed by atoms with van der Waals surface area (Å²) >= 11 is 0. The van der Waals surface area contributed by atoms with Crippen molar-refractivity contribution in [2.45, 2.75) is 113 Å². The van der Waals surface area contributed by atoms with Gasteiger partial charge in [-0.15, -0.1) is 0 Å². The fraction of sp³-hybridized carbons (Fsp3) is 0.808. The standard InChI is InChI=1S/C26H48O4/c1-10-11-12-13-15-20(27)16-14-17-23(2,3)18-24(4,5)21(28)25(6,7)19-26(8,9)22(29)30/h11-12,14,17,20-21,27-28H,10,13,15-16,18-19H2,1-9H3,(H,29,30)/b12-11-,17-14-. The molecule has 0 amide bonds. The van der Waals surface area contributed by atoms with E-state index < -0.39 is 28.3 Å². The fourth-order valence-electron chi connectivity index (χ4n) is 4.93. The molecule has 0 aromatic heterocycles. The van der Waals surface area contributed by atoms with Crippen LogP contribution in [0.25, 0.3) is 0 Å². The summed E-state index contributed by atoms with van der Waals surface area (Å²) in [7, 11) is 0. The third-order valence-electron chi connectivity index (χ3n) is 5.91. The van der Waals surface area contributed by atoms with Crippen LogP contribution in [0.3, 0.4) is 0 Å². The summed E-state index contributed by atoms with van der Waals surface area (Å²) < 4.78 is 0. The number of carboxylic acids is 1. The lowest BCUT2D eigenvalue weighted by Crippen LogP contribution is -2.46. The van der Waals surface area contributed by atoms with Crippen LogP contribution in [-0.4, -0.2) is 33.5 Å². The molecule has 0 rings (SSSR count). The first-order valence-electron chi connectivity index (χ1n) is 11.4. The van der Waals surface area contributed by atoms with Crippen molar-refractivity contribution >= 4 is 5.97 Å². The largest absolute Gasteiger partial charge is 0.481 e. The molecule has 0 aliphatic heterocycles. The molecule has 30 heavy (non-hydrogen) atoms. The molecule has 176 valence electrons. The molecule has 2 atom stereocenters. The van der Waals surface area contributed by atoms with E-state index in [-0.39, 0.29) is 11.5 Å². The van der Waals surface area contributed by atoms with Gasteiger partial charge in [0.05, 0.1) is 17.6 Å². The smallest absolute Gasteiger partial charge is 0.309 e. The Morgan fingerprint density at radius 3 is 1.90 bits per heavy atom. The van der Waals surface area contributed by atoms with Gasteiger partial charge in [-0.05, 0) is 68.6 Å². The molecule has 0 heterocycles. The minimum Gasteiger partial charge on any atom is -0.481 e. The van der Waals surface area contributed by atoms with E-state index in [0.717, 1.165) is 25.7 Å². The molecule has 2 unspecified atom stereocenters. The zero-order valence-electron chi connectivity index (χ0n) is 21.0. The van der Waals surface area contributed by atoms with Gasteiger partial charge >= 0.3 is 5.97 Å². The summed E-state index contributed by atoms with van der Waals surface area (Å²) in [5.74, 6) is -0.840. The van der Waals surface area contributed by atoms with E-state index in [0.29, 0.717) is 12.8 Å². The maximum Gasteiger partial charge on any atom is 0.309 e. The van der Waals surface area contributed by atoms with Crippen LogP contribution in [-0.2, 0) is 4.79 Å². The highest BCUT2D eigenvalue weighted by atomic mass is 16.4. The molecule has 3 N–H and O–H groups in total. The number of aliphatic hydroxyl groups excluding tert-OH is 2. The Labute approximate surface area is 185 Å². The summed E-state index contributed by atoms with van der Waals surface area (Å²) in [6, 6.07) is 0. The quantitative estimate of drug-likeness (QED) is 0.283. The molecule has 0 bridgehead atoms. The molecule has 0 saturated carbocycles. The Morgan fingerprint density at radius 2 is 1.40 bits per heavy atom. The average molecular weight is 425 g/mol. The zero-order valence-corrected chi connectivity index (χ0v) is 21.0. The maximum absolute atomic E-state index is 11.6. The molecule has 0 aliphatic carbocycles. The number of hydrogen-bond acceptors (Lipinski definition) is 3. The number of rotatable bonds is 14. The molecule has 0 aromatic rings. The minimum absolute atomic E-state index is 0.148. The topological polar surface area (TPSA) is 77.8 Å². The lowest BCUT2D eigenvalue weighted by molar-refractivity contribution is -0.151. The summed E-state index contributed by atoms with van der Waals surface area (Å²) in [5.41, 5.74) is -1.97. The first-order chi connectivity index (χ1) is 13.5. The van der Waals surface area contributed by atoms with Gasteiger partial charge in [0.2, 0.25) is 0 Å². The van der Waals surface area contributed by atoms with Gasteiger partial charge in [-0.1, -0.05) is 72.8 Å². The molecule has 0 fully saturated rings. The van der Waals surface area contributed by atoms with E-state index in [9.17, 15) is 20.1 Å².